The first kappa shape index (κ1) is 38.2. The highest BCUT2D eigenvalue weighted by Crippen LogP contribution is 2.35. The maximum absolute atomic E-state index is 13.4. The minimum Gasteiger partial charge on any atom is -0.465 e. The van der Waals surface area contributed by atoms with Gasteiger partial charge in [0.1, 0.15) is 6.54 Å². The van der Waals surface area contributed by atoms with Crippen LogP contribution in [-0.4, -0.2) is 61.9 Å². The van der Waals surface area contributed by atoms with Crippen molar-refractivity contribution in [3.05, 3.63) is 93.5 Å². The Kier molecular flexibility index (Phi) is 14.1. The van der Waals surface area contributed by atoms with Crippen molar-refractivity contribution in [3.8, 4) is 0 Å². The van der Waals surface area contributed by atoms with E-state index >= 15 is 0 Å². The van der Waals surface area contributed by atoms with Crippen molar-refractivity contribution < 1.29 is 37.1 Å². The molecule has 50 heavy (non-hydrogen) atoms. The van der Waals surface area contributed by atoms with Gasteiger partial charge >= 0.3 is 12.1 Å². The van der Waals surface area contributed by atoms with Gasteiger partial charge in [0.05, 0.1) is 34.7 Å². The molecule has 0 aliphatic carbocycles. The SMILES string of the molecule is CCOC(=O)CNC(=O)CCSCc1cccc(C(=O)Nc2ccc(N3CCCCC3)cc2C(=O)NN=Cc2ccc(Cl)c(C(F)(F)F)c2)c1. The number of carbonyl (C=O) groups excluding carboxylic acids is 4. The van der Waals surface area contributed by atoms with E-state index in [0.29, 0.717) is 17.1 Å². The van der Waals surface area contributed by atoms with Crippen LogP contribution in [0.15, 0.2) is 65.8 Å². The van der Waals surface area contributed by atoms with Gasteiger partial charge in [-0.05, 0) is 79.8 Å². The molecule has 0 saturated carbocycles. The number of ether oxygens (including phenoxy) is 1. The summed E-state index contributed by atoms with van der Waals surface area (Å²) in [6.45, 7) is 3.37. The molecule has 10 nitrogen and oxygen atoms in total. The average molecular weight is 732 g/mol. The van der Waals surface area contributed by atoms with E-state index in [1.165, 1.54) is 17.8 Å². The van der Waals surface area contributed by atoms with Gasteiger partial charge in [-0.2, -0.15) is 30.0 Å². The van der Waals surface area contributed by atoms with Crippen LogP contribution in [0.4, 0.5) is 24.5 Å². The zero-order valence-electron chi connectivity index (χ0n) is 27.3. The Morgan fingerprint density at radius 2 is 1.78 bits per heavy atom. The number of rotatable bonds is 14. The summed E-state index contributed by atoms with van der Waals surface area (Å²) in [6.07, 6.45) is -0.255. The third-order valence-electron chi connectivity index (χ3n) is 7.56. The monoisotopic (exact) mass is 731 g/mol. The number of thioether (sulfide) groups is 1. The third-order valence-corrected chi connectivity index (χ3v) is 8.92. The maximum atomic E-state index is 13.4. The van der Waals surface area contributed by atoms with Crippen molar-refractivity contribution >= 4 is 64.6 Å². The van der Waals surface area contributed by atoms with Crippen LogP contribution in [0.1, 0.15) is 70.0 Å². The third kappa shape index (κ3) is 11.5. The molecule has 3 aromatic rings. The van der Waals surface area contributed by atoms with Gasteiger partial charge in [-0.25, -0.2) is 5.43 Å². The Morgan fingerprint density at radius 1 is 1.00 bits per heavy atom. The summed E-state index contributed by atoms with van der Waals surface area (Å²) in [4.78, 5) is 52.3. The molecule has 3 N–H and O–H groups in total. The molecule has 3 aromatic carbocycles. The molecular weight excluding hydrogens is 695 g/mol. The summed E-state index contributed by atoms with van der Waals surface area (Å²) in [6, 6.07) is 15.3. The molecule has 266 valence electrons. The van der Waals surface area contributed by atoms with Crippen molar-refractivity contribution in [2.24, 2.45) is 5.10 Å². The molecule has 0 aromatic heterocycles. The standard InChI is InChI=1S/C35H37ClF3N5O5S/c1-2-49-32(46)21-40-31(45)13-16-50-22-24-7-6-8-25(17-24)33(47)42-30-12-10-26(44-14-4-3-5-15-44)19-27(30)34(48)43-41-20-23-9-11-29(36)28(18-23)35(37,38)39/h6-12,17-20H,2-5,13-16,21-22H2,1H3,(H,40,45)(H,42,47)(H,43,48). The normalized spacial score (nSPS) is 13.2. The molecule has 1 heterocycles. The van der Waals surface area contributed by atoms with Gasteiger partial charge in [0.2, 0.25) is 5.91 Å². The fourth-order valence-corrected chi connectivity index (χ4v) is 6.18. The molecule has 1 aliphatic heterocycles. The summed E-state index contributed by atoms with van der Waals surface area (Å²) in [7, 11) is 0. The fourth-order valence-electron chi connectivity index (χ4n) is 5.07. The predicted octanol–water partition coefficient (Wildman–Crippen LogP) is 6.67. The van der Waals surface area contributed by atoms with Gasteiger partial charge in [-0.15, -0.1) is 0 Å². The quantitative estimate of drug-likeness (QED) is 0.0732. The lowest BCUT2D eigenvalue weighted by Gasteiger charge is -2.29. The summed E-state index contributed by atoms with van der Waals surface area (Å²) < 4.78 is 44.6. The van der Waals surface area contributed by atoms with E-state index in [0.717, 1.165) is 62.0 Å². The van der Waals surface area contributed by atoms with Crippen LogP contribution in [0, 0.1) is 0 Å². The first-order valence-corrected chi connectivity index (χ1v) is 17.5. The minimum absolute atomic E-state index is 0.0768. The lowest BCUT2D eigenvalue weighted by molar-refractivity contribution is -0.143. The second-order valence-corrected chi connectivity index (χ2v) is 12.8. The summed E-state index contributed by atoms with van der Waals surface area (Å²) in [5.41, 5.74) is 3.75. The molecular formula is C35H37ClF3N5O5S. The topological polar surface area (TPSA) is 129 Å². The van der Waals surface area contributed by atoms with Crippen molar-refractivity contribution in [1.29, 1.82) is 0 Å². The lowest BCUT2D eigenvalue weighted by atomic mass is 10.1. The van der Waals surface area contributed by atoms with Crippen LogP contribution in [0.2, 0.25) is 5.02 Å². The number of halogens is 4. The molecule has 0 unspecified atom stereocenters. The van der Waals surface area contributed by atoms with Crippen LogP contribution >= 0.6 is 23.4 Å². The van der Waals surface area contributed by atoms with E-state index < -0.39 is 34.5 Å². The number of nitrogens with one attached hydrogen (secondary N) is 3. The molecule has 0 radical (unpaired) electrons. The molecule has 0 atom stereocenters. The second-order valence-electron chi connectivity index (χ2n) is 11.3. The molecule has 3 amide bonds. The van der Waals surface area contributed by atoms with E-state index in [-0.39, 0.29) is 42.3 Å². The number of carbonyl (C=O) groups is 4. The molecule has 15 heteroatoms. The van der Waals surface area contributed by atoms with Gasteiger partial charge in [-0.1, -0.05) is 29.8 Å². The summed E-state index contributed by atoms with van der Waals surface area (Å²) in [5.74, 6) is -0.868. The van der Waals surface area contributed by atoms with E-state index in [9.17, 15) is 32.3 Å². The number of amides is 3. The van der Waals surface area contributed by atoms with Gasteiger partial charge in [0.25, 0.3) is 11.8 Å². The number of hydrogen-bond acceptors (Lipinski definition) is 8. The highest BCUT2D eigenvalue weighted by molar-refractivity contribution is 7.98. The first-order valence-electron chi connectivity index (χ1n) is 15.9. The van der Waals surface area contributed by atoms with E-state index in [1.54, 1.807) is 37.3 Å². The number of alkyl halides is 3. The second kappa shape index (κ2) is 18.4. The van der Waals surface area contributed by atoms with Crippen molar-refractivity contribution in [3.63, 3.8) is 0 Å². The zero-order valence-corrected chi connectivity index (χ0v) is 28.9. The van der Waals surface area contributed by atoms with Gasteiger partial charge in [0.15, 0.2) is 0 Å². The summed E-state index contributed by atoms with van der Waals surface area (Å²) >= 11 is 7.19. The van der Waals surface area contributed by atoms with Gasteiger partial charge in [0, 0.05) is 42.3 Å². The highest BCUT2D eigenvalue weighted by atomic mass is 35.5. The summed E-state index contributed by atoms with van der Waals surface area (Å²) in [5, 5.41) is 8.74. The Balaban J connectivity index is 1.43. The number of hydrazone groups is 1. The number of benzene rings is 3. The lowest BCUT2D eigenvalue weighted by Crippen LogP contribution is -2.30. The molecule has 0 bridgehead atoms. The Hall–Kier alpha value is -4.56. The Labute approximate surface area is 297 Å². The fraction of sp³-hybridized carbons (Fsp3) is 0.343. The zero-order chi connectivity index (χ0) is 36.1. The average Bonchev–Trinajstić information content (AvgIpc) is 3.10. The Bertz CT molecular complexity index is 1720. The largest absolute Gasteiger partial charge is 0.465 e. The van der Waals surface area contributed by atoms with Gasteiger partial charge < -0.3 is 20.3 Å². The number of anilines is 2. The molecule has 1 aliphatic rings. The van der Waals surface area contributed by atoms with Crippen molar-refractivity contribution in [2.75, 3.05) is 42.2 Å². The number of nitrogens with zero attached hydrogens (tertiary/aromatic N) is 2. The highest BCUT2D eigenvalue weighted by Gasteiger charge is 2.33. The number of piperidine rings is 1. The Morgan fingerprint density at radius 3 is 2.52 bits per heavy atom. The van der Waals surface area contributed by atoms with Crippen molar-refractivity contribution in [1.82, 2.24) is 10.7 Å². The van der Waals surface area contributed by atoms with Crippen LogP contribution in [0.3, 0.4) is 0 Å². The van der Waals surface area contributed by atoms with Crippen LogP contribution < -0.4 is 21.0 Å². The smallest absolute Gasteiger partial charge is 0.417 e. The maximum Gasteiger partial charge on any atom is 0.417 e. The molecule has 0 spiro atoms. The van der Waals surface area contributed by atoms with E-state index in [2.05, 4.69) is 26.1 Å². The minimum atomic E-state index is -4.66. The number of hydrogen-bond donors (Lipinski definition) is 3. The van der Waals surface area contributed by atoms with Crippen molar-refractivity contribution in [2.45, 2.75) is 44.5 Å². The molecule has 4 rings (SSSR count). The van der Waals surface area contributed by atoms with E-state index in [1.807, 2.05) is 12.1 Å². The van der Waals surface area contributed by atoms with Gasteiger partial charge in [-0.3, -0.25) is 19.2 Å². The molecule has 1 fully saturated rings. The van der Waals surface area contributed by atoms with Crippen LogP contribution in [-0.2, 0) is 26.3 Å². The molecule has 1 saturated heterocycles. The van der Waals surface area contributed by atoms with E-state index in [4.69, 9.17) is 16.3 Å². The predicted molar refractivity (Wildman–Crippen MR) is 189 cm³/mol. The van der Waals surface area contributed by atoms with Crippen LogP contribution in [0.25, 0.3) is 0 Å². The van der Waals surface area contributed by atoms with Crippen LogP contribution in [0.5, 0.6) is 0 Å². The number of esters is 1. The first-order chi connectivity index (χ1) is 23.9.